The van der Waals surface area contributed by atoms with Gasteiger partial charge in [-0.1, -0.05) is 125 Å². The molecule has 4 heterocycles. The third-order valence-electron chi connectivity index (χ3n) is 10.2. The van der Waals surface area contributed by atoms with Gasteiger partial charge in [0.1, 0.15) is 5.58 Å². The molecular formula is C48H39N3OPt. The van der Waals surface area contributed by atoms with Crippen LogP contribution in [0.4, 0.5) is 0 Å². The summed E-state index contributed by atoms with van der Waals surface area (Å²) in [5.74, 6) is 0. The molecule has 0 atom stereocenters. The summed E-state index contributed by atoms with van der Waals surface area (Å²) >= 11 is 0. The molecule has 0 spiro atoms. The van der Waals surface area contributed by atoms with E-state index in [2.05, 4.69) is 167 Å². The molecule has 0 bridgehead atoms. The SMILES string of the molecule is CC(C)(C)c1ccnc(-c2[c-]c(-n3c4[c-]c(-c5cc(C(C)(C)C)ccn5)c5oc6cc(-c7ccccc7)ccc6c5c4c4ccccc43)ccc2)c1.[Pt+2]. The van der Waals surface area contributed by atoms with Crippen molar-refractivity contribution in [3.8, 4) is 39.3 Å². The number of rotatable bonds is 4. The molecule has 0 aliphatic carbocycles. The molecule has 4 aromatic heterocycles. The van der Waals surface area contributed by atoms with Gasteiger partial charge in [-0.3, -0.25) is 0 Å². The molecule has 0 radical (unpaired) electrons. The number of para-hydroxylation sites is 1. The fraction of sp³-hybridized carbons (Fsp3) is 0.167. The predicted octanol–water partition coefficient (Wildman–Crippen LogP) is 12.7. The Bertz CT molecular complexity index is 2810. The maximum Gasteiger partial charge on any atom is 2.00 e. The van der Waals surface area contributed by atoms with Crippen LogP contribution in [-0.4, -0.2) is 14.5 Å². The van der Waals surface area contributed by atoms with E-state index in [-0.39, 0.29) is 31.9 Å². The summed E-state index contributed by atoms with van der Waals surface area (Å²) in [5, 5.41) is 4.35. The molecule has 0 aliphatic rings. The molecule has 5 heteroatoms. The summed E-state index contributed by atoms with van der Waals surface area (Å²) in [6, 6.07) is 48.2. The molecule has 5 aromatic carbocycles. The quantitative estimate of drug-likeness (QED) is 0.166. The van der Waals surface area contributed by atoms with E-state index in [1.807, 2.05) is 18.5 Å². The van der Waals surface area contributed by atoms with Gasteiger partial charge in [0, 0.05) is 23.3 Å². The van der Waals surface area contributed by atoms with Gasteiger partial charge < -0.3 is 19.0 Å². The van der Waals surface area contributed by atoms with E-state index >= 15 is 0 Å². The molecule has 0 unspecified atom stereocenters. The Hall–Kier alpha value is -5.31. The van der Waals surface area contributed by atoms with E-state index < -0.39 is 0 Å². The second-order valence-corrected chi connectivity index (χ2v) is 15.8. The Morgan fingerprint density at radius 1 is 0.585 bits per heavy atom. The minimum Gasteiger partial charge on any atom is -0.501 e. The summed E-state index contributed by atoms with van der Waals surface area (Å²) < 4.78 is 9.20. The molecule has 53 heavy (non-hydrogen) atoms. The third kappa shape index (κ3) is 6.00. The second kappa shape index (κ2) is 13.0. The number of aromatic nitrogens is 3. The van der Waals surface area contributed by atoms with Crippen molar-refractivity contribution < 1.29 is 25.5 Å². The van der Waals surface area contributed by atoms with Crippen LogP contribution in [0.5, 0.6) is 0 Å². The number of furan rings is 1. The molecule has 9 aromatic rings. The first-order valence-electron chi connectivity index (χ1n) is 17.9. The van der Waals surface area contributed by atoms with Crippen molar-refractivity contribution in [3.05, 3.63) is 151 Å². The van der Waals surface area contributed by atoms with Crippen molar-refractivity contribution in [3.63, 3.8) is 0 Å². The van der Waals surface area contributed by atoms with Crippen molar-refractivity contribution in [2.24, 2.45) is 0 Å². The first-order chi connectivity index (χ1) is 25.0. The van der Waals surface area contributed by atoms with Gasteiger partial charge >= 0.3 is 21.1 Å². The molecule has 0 saturated carbocycles. The normalized spacial score (nSPS) is 12.2. The molecule has 0 saturated heterocycles. The van der Waals surface area contributed by atoms with E-state index in [1.165, 1.54) is 11.1 Å². The number of nitrogens with zero attached hydrogens (tertiary/aromatic N) is 3. The topological polar surface area (TPSA) is 43.9 Å². The Labute approximate surface area is 324 Å². The largest absolute Gasteiger partial charge is 2.00 e. The van der Waals surface area contributed by atoms with Crippen LogP contribution in [0, 0.1) is 12.1 Å². The van der Waals surface area contributed by atoms with Crippen LogP contribution in [0.2, 0.25) is 0 Å². The minimum absolute atomic E-state index is 0. The number of pyridine rings is 2. The third-order valence-corrected chi connectivity index (χ3v) is 10.2. The summed E-state index contributed by atoms with van der Waals surface area (Å²) in [4.78, 5) is 9.72. The average molecular weight is 869 g/mol. The van der Waals surface area contributed by atoms with Crippen molar-refractivity contribution in [1.29, 1.82) is 0 Å². The number of hydrogen-bond acceptors (Lipinski definition) is 3. The minimum atomic E-state index is -0.0536. The zero-order chi connectivity index (χ0) is 35.8. The Morgan fingerprint density at radius 3 is 2.00 bits per heavy atom. The van der Waals surface area contributed by atoms with Crippen LogP contribution in [0.25, 0.3) is 83.1 Å². The fourth-order valence-corrected chi connectivity index (χ4v) is 7.36. The summed E-state index contributed by atoms with van der Waals surface area (Å²) in [5.41, 5.74) is 12.7. The van der Waals surface area contributed by atoms with Gasteiger partial charge in [0.05, 0.1) is 5.58 Å². The van der Waals surface area contributed by atoms with E-state index in [0.29, 0.717) is 0 Å². The molecule has 0 N–H and O–H groups in total. The molecule has 0 aliphatic heterocycles. The Morgan fingerprint density at radius 2 is 1.26 bits per heavy atom. The van der Waals surface area contributed by atoms with Crippen LogP contribution < -0.4 is 0 Å². The van der Waals surface area contributed by atoms with Crippen LogP contribution in [0.15, 0.2) is 132 Å². The molecule has 262 valence electrons. The van der Waals surface area contributed by atoms with E-state index in [9.17, 15) is 0 Å². The standard InChI is InChI=1S/C48H39N3O.Pt/c1-47(2,3)33-21-23-49-39(27-33)32-15-12-16-35(25-32)51-41-18-11-10-17-36(41)44-42(51)29-38(40-28-34(22-24-50-40)48(4,5)6)46-45(44)37-20-19-31(26-43(37)52-46)30-13-8-7-9-14-30;/h7-24,26-28H,1-6H3;/q-2;+2. The van der Waals surface area contributed by atoms with Crippen LogP contribution in [0.3, 0.4) is 0 Å². The van der Waals surface area contributed by atoms with Crippen molar-refractivity contribution in [2.75, 3.05) is 0 Å². The average Bonchev–Trinajstić information content (AvgIpc) is 3.69. The number of hydrogen-bond donors (Lipinski definition) is 0. The van der Waals surface area contributed by atoms with Crippen molar-refractivity contribution in [2.45, 2.75) is 52.4 Å². The Balaban J connectivity index is 0.00000400. The van der Waals surface area contributed by atoms with E-state index in [0.717, 1.165) is 83.1 Å². The predicted molar refractivity (Wildman–Crippen MR) is 215 cm³/mol. The van der Waals surface area contributed by atoms with Gasteiger partial charge in [-0.15, -0.1) is 35.9 Å². The molecular weight excluding hydrogens is 830 g/mol. The first kappa shape index (κ1) is 34.8. The molecule has 4 nitrogen and oxygen atoms in total. The van der Waals surface area contributed by atoms with E-state index in [4.69, 9.17) is 14.4 Å². The van der Waals surface area contributed by atoms with Gasteiger partial charge in [-0.25, -0.2) is 0 Å². The van der Waals surface area contributed by atoms with Crippen LogP contribution in [-0.2, 0) is 31.9 Å². The van der Waals surface area contributed by atoms with Gasteiger partial charge in [-0.2, -0.15) is 0 Å². The van der Waals surface area contributed by atoms with Crippen LogP contribution in [0.1, 0.15) is 52.7 Å². The number of fused-ring (bicyclic) bond motifs is 7. The second-order valence-electron chi connectivity index (χ2n) is 15.8. The van der Waals surface area contributed by atoms with Crippen molar-refractivity contribution in [1.82, 2.24) is 14.5 Å². The van der Waals surface area contributed by atoms with Gasteiger partial charge in [0.15, 0.2) is 0 Å². The maximum absolute atomic E-state index is 6.92. The molecule has 0 fully saturated rings. The summed E-state index contributed by atoms with van der Waals surface area (Å²) in [7, 11) is 0. The molecule has 9 rings (SSSR count). The smallest absolute Gasteiger partial charge is 0.501 e. The first-order valence-corrected chi connectivity index (χ1v) is 17.9. The zero-order valence-electron chi connectivity index (χ0n) is 30.7. The maximum atomic E-state index is 6.92. The van der Waals surface area contributed by atoms with Crippen LogP contribution >= 0.6 is 0 Å². The van der Waals surface area contributed by atoms with Gasteiger partial charge in [-0.05, 0) is 90.7 Å². The monoisotopic (exact) mass is 868 g/mol. The van der Waals surface area contributed by atoms with Gasteiger partial charge in [0.2, 0.25) is 0 Å². The summed E-state index contributed by atoms with van der Waals surface area (Å²) in [6.07, 6.45) is 3.81. The fourth-order valence-electron chi connectivity index (χ4n) is 7.36. The van der Waals surface area contributed by atoms with Gasteiger partial charge in [0.25, 0.3) is 0 Å². The summed E-state index contributed by atoms with van der Waals surface area (Å²) in [6.45, 7) is 13.4. The van der Waals surface area contributed by atoms with Crippen molar-refractivity contribution >= 4 is 43.7 Å². The van der Waals surface area contributed by atoms with E-state index in [1.54, 1.807) is 0 Å². The molecule has 0 amide bonds. The Kier molecular flexibility index (Phi) is 8.50. The number of benzene rings is 5. The zero-order valence-corrected chi connectivity index (χ0v) is 33.0.